The summed E-state index contributed by atoms with van der Waals surface area (Å²) in [5.74, 6) is -1.60. The molecule has 1 aromatic heterocycles. The van der Waals surface area contributed by atoms with Crippen molar-refractivity contribution in [3.05, 3.63) is 88.5 Å². The van der Waals surface area contributed by atoms with Gasteiger partial charge in [-0.25, -0.2) is 9.78 Å². The molecule has 1 aliphatic heterocycles. The Hall–Kier alpha value is -4.44. The summed E-state index contributed by atoms with van der Waals surface area (Å²) in [6.45, 7) is 7.64. The number of anilines is 1. The average molecular weight is 549 g/mol. The number of esters is 1. The van der Waals surface area contributed by atoms with Crippen molar-refractivity contribution in [2.24, 2.45) is 0 Å². The number of carbonyl (C=O) groups is 3. The highest BCUT2D eigenvalue weighted by Gasteiger charge is 2.48. The first kappa shape index (κ1) is 27.6. The van der Waals surface area contributed by atoms with Gasteiger partial charge in [0.1, 0.15) is 28.7 Å². The second-order valence-electron chi connectivity index (χ2n) is 8.62. The molecular formula is C29H28N2O7S. The molecule has 1 fully saturated rings. The number of methoxy groups -OCH3 is 1. The van der Waals surface area contributed by atoms with E-state index in [-0.39, 0.29) is 27.9 Å². The summed E-state index contributed by atoms with van der Waals surface area (Å²) in [6, 6.07) is 12.4. The van der Waals surface area contributed by atoms with Gasteiger partial charge in [0.25, 0.3) is 5.78 Å². The first-order valence-corrected chi connectivity index (χ1v) is 13.1. The molecule has 0 aliphatic carbocycles. The van der Waals surface area contributed by atoms with Crippen molar-refractivity contribution < 1.29 is 33.7 Å². The normalized spacial score (nSPS) is 16.3. The van der Waals surface area contributed by atoms with Crippen LogP contribution in [0.4, 0.5) is 5.13 Å². The molecule has 1 aliphatic rings. The molecule has 10 heteroatoms. The predicted octanol–water partition coefficient (Wildman–Crippen LogP) is 5.22. The van der Waals surface area contributed by atoms with Gasteiger partial charge in [0, 0.05) is 5.56 Å². The van der Waals surface area contributed by atoms with Crippen LogP contribution in [0.3, 0.4) is 0 Å². The Labute approximate surface area is 230 Å². The van der Waals surface area contributed by atoms with Crippen LogP contribution in [0.1, 0.15) is 45.9 Å². The van der Waals surface area contributed by atoms with Crippen molar-refractivity contribution in [2.45, 2.75) is 26.3 Å². The van der Waals surface area contributed by atoms with Crippen molar-refractivity contribution in [3.63, 3.8) is 0 Å². The second-order valence-corrected chi connectivity index (χ2v) is 9.59. The number of Topliss-reactive ketones (excluding diaryl/α,β-unsaturated/α-hetero) is 1. The molecule has 1 amide bonds. The first-order valence-electron chi connectivity index (χ1n) is 12.2. The van der Waals surface area contributed by atoms with Crippen LogP contribution in [0.25, 0.3) is 5.76 Å². The van der Waals surface area contributed by atoms with Crippen molar-refractivity contribution in [1.82, 2.24) is 4.98 Å². The quantitative estimate of drug-likeness (QED) is 0.121. The average Bonchev–Trinajstić information content (AvgIpc) is 3.46. The molecule has 0 spiro atoms. The predicted molar refractivity (Wildman–Crippen MR) is 147 cm³/mol. The van der Waals surface area contributed by atoms with Gasteiger partial charge in [-0.05, 0) is 55.3 Å². The van der Waals surface area contributed by atoms with Gasteiger partial charge < -0.3 is 19.3 Å². The van der Waals surface area contributed by atoms with E-state index >= 15 is 0 Å². The van der Waals surface area contributed by atoms with Gasteiger partial charge in [-0.1, -0.05) is 43.0 Å². The fraction of sp³-hybridized carbons (Fsp3) is 0.241. The zero-order valence-corrected chi connectivity index (χ0v) is 22.6. The lowest BCUT2D eigenvalue weighted by Gasteiger charge is -2.23. The van der Waals surface area contributed by atoms with E-state index in [0.717, 1.165) is 17.8 Å². The molecule has 9 nitrogen and oxygen atoms in total. The minimum Gasteiger partial charge on any atom is -0.507 e. The number of aromatic nitrogens is 1. The molecule has 0 radical (unpaired) electrons. The molecule has 3 aromatic rings. The maximum atomic E-state index is 13.5. The number of thiazole rings is 1. The highest BCUT2D eigenvalue weighted by atomic mass is 32.1. The molecular weight excluding hydrogens is 520 g/mol. The lowest BCUT2D eigenvalue weighted by Crippen LogP contribution is -2.29. The van der Waals surface area contributed by atoms with E-state index in [0.29, 0.717) is 34.9 Å². The maximum absolute atomic E-state index is 13.5. The minimum absolute atomic E-state index is 0.0163. The van der Waals surface area contributed by atoms with Gasteiger partial charge in [-0.3, -0.25) is 14.5 Å². The van der Waals surface area contributed by atoms with Gasteiger partial charge in [-0.2, -0.15) is 0 Å². The summed E-state index contributed by atoms with van der Waals surface area (Å²) >= 11 is 0.933. The Bertz CT molecular complexity index is 1440. The van der Waals surface area contributed by atoms with Crippen LogP contribution in [0, 0.1) is 6.92 Å². The summed E-state index contributed by atoms with van der Waals surface area (Å²) in [6.07, 6.45) is 2.24. The van der Waals surface area contributed by atoms with E-state index in [4.69, 9.17) is 14.2 Å². The highest BCUT2D eigenvalue weighted by molar-refractivity contribution is 7.17. The molecule has 1 atom stereocenters. The van der Waals surface area contributed by atoms with Crippen LogP contribution >= 0.6 is 11.3 Å². The molecule has 2 heterocycles. The largest absolute Gasteiger partial charge is 0.507 e. The number of aliphatic hydroxyl groups excluding tert-OH is 1. The number of rotatable bonds is 10. The lowest BCUT2D eigenvalue weighted by molar-refractivity contribution is -0.132. The number of hydrogen-bond acceptors (Lipinski definition) is 9. The zero-order valence-electron chi connectivity index (χ0n) is 21.8. The van der Waals surface area contributed by atoms with Gasteiger partial charge in [0.2, 0.25) is 0 Å². The number of ether oxygens (including phenoxy) is 3. The number of amides is 1. The van der Waals surface area contributed by atoms with Crippen LogP contribution < -0.4 is 14.4 Å². The Morgan fingerprint density at radius 2 is 1.92 bits per heavy atom. The van der Waals surface area contributed by atoms with Crippen molar-refractivity contribution >= 4 is 39.9 Å². The number of benzene rings is 2. The van der Waals surface area contributed by atoms with E-state index in [2.05, 4.69) is 11.6 Å². The maximum Gasteiger partial charge on any atom is 0.350 e. The Balaban J connectivity index is 1.87. The van der Waals surface area contributed by atoms with Crippen molar-refractivity contribution in [2.75, 3.05) is 25.2 Å². The van der Waals surface area contributed by atoms with Gasteiger partial charge in [0.05, 0.1) is 31.0 Å². The van der Waals surface area contributed by atoms with Gasteiger partial charge >= 0.3 is 11.9 Å². The van der Waals surface area contributed by atoms with Gasteiger partial charge in [-0.15, -0.1) is 0 Å². The lowest BCUT2D eigenvalue weighted by atomic mass is 9.95. The number of aryl methyl sites for hydroxylation is 1. The third-order valence-electron chi connectivity index (χ3n) is 5.96. The fourth-order valence-electron chi connectivity index (χ4n) is 4.12. The summed E-state index contributed by atoms with van der Waals surface area (Å²) in [5.41, 5.74) is 1.10. The molecule has 0 bridgehead atoms. The van der Waals surface area contributed by atoms with E-state index in [1.807, 2.05) is 6.92 Å². The molecule has 1 saturated heterocycles. The van der Waals surface area contributed by atoms with E-state index in [9.17, 15) is 19.5 Å². The van der Waals surface area contributed by atoms with Crippen LogP contribution in [-0.4, -0.2) is 48.1 Å². The van der Waals surface area contributed by atoms with E-state index in [1.54, 1.807) is 55.5 Å². The molecule has 1 N–H and O–H groups in total. The Kier molecular flexibility index (Phi) is 8.46. The SMILES string of the molecule is C=CCOC(=O)c1sc(N2C(=O)C(=O)/C(=C(/O)c3ccc(OC)cc3)C2c2cccc(OCCC)c2)nc1C. The Morgan fingerprint density at radius 3 is 2.59 bits per heavy atom. The number of hydrogen-bond donors (Lipinski definition) is 1. The summed E-state index contributed by atoms with van der Waals surface area (Å²) < 4.78 is 16.1. The highest BCUT2D eigenvalue weighted by Crippen LogP contribution is 2.44. The summed E-state index contributed by atoms with van der Waals surface area (Å²) in [7, 11) is 1.52. The molecule has 39 heavy (non-hydrogen) atoms. The minimum atomic E-state index is -1.03. The Morgan fingerprint density at radius 1 is 1.18 bits per heavy atom. The second kappa shape index (κ2) is 12.0. The van der Waals surface area contributed by atoms with E-state index in [1.165, 1.54) is 18.1 Å². The number of aliphatic hydroxyl groups is 1. The molecule has 2 aromatic carbocycles. The standard InChI is InChI=1S/C29H28N2O7S/c1-5-14-37-21-9-7-8-19(16-21)23-22(24(32)18-10-12-20(36-4)13-11-18)25(33)27(34)31(23)29-30-17(3)26(39-29)28(35)38-15-6-2/h6-13,16,23,32H,2,5,14-15H2,1,3-4H3/b24-22+. The number of ketones is 1. The van der Waals surface area contributed by atoms with Crippen molar-refractivity contribution in [1.29, 1.82) is 0 Å². The van der Waals surface area contributed by atoms with Gasteiger partial charge in [0.15, 0.2) is 5.13 Å². The van der Waals surface area contributed by atoms with Crippen LogP contribution in [-0.2, 0) is 14.3 Å². The molecule has 4 rings (SSSR count). The molecule has 0 saturated carbocycles. The monoisotopic (exact) mass is 548 g/mol. The third kappa shape index (κ3) is 5.56. The topological polar surface area (TPSA) is 115 Å². The summed E-state index contributed by atoms with van der Waals surface area (Å²) in [4.78, 5) is 45.3. The van der Waals surface area contributed by atoms with E-state index < -0.39 is 23.7 Å². The summed E-state index contributed by atoms with van der Waals surface area (Å²) in [5, 5.41) is 11.5. The molecule has 202 valence electrons. The third-order valence-corrected chi connectivity index (χ3v) is 7.10. The smallest absolute Gasteiger partial charge is 0.350 e. The van der Waals surface area contributed by atoms with Crippen molar-refractivity contribution in [3.8, 4) is 11.5 Å². The number of nitrogens with zero attached hydrogens (tertiary/aromatic N) is 2. The molecule has 1 unspecified atom stereocenters. The number of carbonyl (C=O) groups excluding carboxylic acids is 3. The zero-order chi connectivity index (χ0) is 28.1. The fourth-order valence-corrected chi connectivity index (χ4v) is 5.11. The van der Waals surface area contributed by atoms with Crippen LogP contribution in [0.2, 0.25) is 0 Å². The van der Waals surface area contributed by atoms with Crippen LogP contribution in [0.5, 0.6) is 11.5 Å². The first-order chi connectivity index (χ1) is 18.8. The van der Waals surface area contributed by atoms with Crippen LogP contribution in [0.15, 0.2) is 66.8 Å².